The molecular formula is C13H16F3N3. The molecule has 0 radical (unpaired) electrons. The highest BCUT2D eigenvalue weighted by Gasteiger charge is 2.34. The fourth-order valence-corrected chi connectivity index (χ4v) is 2.15. The number of imidazole rings is 1. The third-order valence-corrected chi connectivity index (χ3v) is 3.10. The molecule has 2 rings (SSSR count). The zero-order valence-corrected chi connectivity index (χ0v) is 10.7. The Bertz CT molecular complexity index is 572. The van der Waals surface area contributed by atoms with Gasteiger partial charge in [-0.1, -0.05) is 25.8 Å². The predicted molar refractivity (Wildman–Crippen MR) is 68.7 cm³/mol. The maximum absolute atomic E-state index is 12.9. The molecule has 104 valence electrons. The molecule has 0 amide bonds. The van der Waals surface area contributed by atoms with Gasteiger partial charge in [-0.3, -0.25) is 0 Å². The van der Waals surface area contributed by atoms with Crippen molar-refractivity contribution in [2.45, 2.75) is 38.9 Å². The van der Waals surface area contributed by atoms with Crippen molar-refractivity contribution in [3.63, 3.8) is 0 Å². The summed E-state index contributed by atoms with van der Waals surface area (Å²) in [6.07, 6.45) is -1.48. The molecular weight excluding hydrogens is 255 g/mol. The normalized spacial score (nSPS) is 12.2. The molecule has 0 fully saturated rings. The Morgan fingerprint density at radius 1 is 1.26 bits per heavy atom. The smallest absolute Gasteiger partial charge is 0.369 e. The SMILES string of the molecule is CCCCCn1c(N)nc2c(C(F)(F)F)cccc21. The minimum atomic E-state index is -4.41. The highest BCUT2D eigenvalue weighted by Crippen LogP contribution is 2.35. The fourth-order valence-electron chi connectivity index (χ4n) is 2.15. The van der Waals surface area contributed by atoms with Crippen LogP contribution in [0.1, 0.15) is 31.7 Å². The van der Waals surface area contributed by atoms with Gasteiger partial charge in [0.25, 0.3) is 0 Å². The van der Waals surface area contributed by atoms with E-state index in [1.165, 1.54) is 6.07 Å². The molecule has 0 unspecified atom stereocenters. The average Bonchev–Trinajstić information content (AvgIpc) is 2.64. The number of nitrogens with two attached hydrogens (primary N) is 1. The first kappa shape index (κ1) is 13.7. The van der Waals surface area contributed by atoms with Gasteiger partial charge in [0, 0.05) is 6.54 Å². The lowest BCUT2D eigenvalue weighted by Crippen LogP contribution is -2.06. The van der Waals surface area contributed by atoms with Crippen LogP contribution in [0.15, 0.2) is 18.2 Å². The molecule has 3 nitrogen and oxygen atoms in total. The maximum Gasteiger partial charge on any atom is 0.418 e. The summed E-state index contributed by atoms with van der Waals surface area (Å²) in [6.45, 7) is 2.66. The second-order valence-electron chi connectivity index (χ2n) is 4.50. The van der Waals surface area contributed by atoms with Crippen molar-refractivity contribution in [2.24, 2.45) is 0 Å². The van der Waals surface area contributed by atoms with E-state index < -0.39 is 11.7 Å². The van der Waals surface area contributed by atoms with Gasteiger partial charge in [0.15, 0.2) is 0 Å². The molecule has 0 aliphatic carbocycles. The Morgan fingerprint density at radius 3 is 2.63 bits per heavy atom. The van der Waals surface area contributed by atoms with Crippen LogP contribution < -0.4 is 5.73 Å². The Kier molecular flexibility index (Phi) is 3.68. The molecule has 1 aromatic carbocycles. The summed E-state index contributed by atoms with van der Waals surface area (Å²) in [6, 6.07) is 4.05. The van der Waals surface area contributed by atoms with E-state index in [-0.39, 0.29) is 11.5 Å². The monoisotopic (exact) mass is 271 g/mol. The van der Waals surface area contributed by atoms with Crippen molar-refractivity contribution in [1.29, 1.82) is 0 Å². The van der Waals surface area contributed by atoms with E-state index in [0.29, 0.717) is 12.1 Å². The topological polar surface area (TPSA) is 43.8 Å². The standard InChI is InChI=1S/C13H16F3N3/c1-2-3-4-8-19-10-7-5-6-9(13(14,15)16)11(10)18-12(19)17/h5-7H,2-4,8H2,1H3,(H2,17,18). The van der Waals surface area contributed by atoms with E-state index in [2.05, 4.69) is 11.9 Å². The molecule has 1 heterocycles. The van der Waals surface area contributed by atoms with Crippen LogP contribution in [0.5, 0.6) is 0 Å². The van der Waals surface area contributed by atoms with Crippen LogP contribution in [0.2, 0.25) is 0 Å². The van der Waals surface area contributed by atoms with Crippen LogP contribution in [0.3, 0.4) is 0 Å². The van der Waals surface area contributed by atoms with E-state index in [0.717, 1.165) is 25.3 Å². The predicted octanol–water partition coefficient (Wildman–Crippen LogP) is 3.83. The van der Waals surface area contributed by atoms with Crippen LogP contribution in [-0.4, -0.2) is 9.55 Å². The lowest BCUT2D eigenvalue weighted by molar-refractivity contribution is -0.136. The summed E-state index contributed by atoms with van der Waals surface area (Å²) in [4.78, 5) is 3.88. The van der Waals surface area contributed by atoms with Crippen LogP contribution in [0.4, 0.5) is 19.1 Å². The Labute approximate surface area is 109 Å². The largest absolute Gasteiger partial charge is 0.418 e. The third-order valence-electron chi connectivity index (χ3n) is 3.10. The van der Waals surface area contributed by atoms with E-state index in [1.54, 1.807) is 10.6 Å². The van der Waals surface area contributed by atoms with Gasteiger partial charge in [0.1, 0.15) is 5.52 Å². The van der Waals surface area contributed by atoms with Gasteiger partial charge in [0.05, 0.1) is 11.1 Å². The number of hydrogen-bond donors (Lipinski definition) is 1. The van der Waals surface area contributed by atoms with Gasteiger partial charge in [0.2, 0.25) is 5.95 Å². The van der Waals surface area contributed by atoms with Crippen LogP contribution >= 0.6 is 0 Å². The van der Waals surface area contributed by atoms with Gasteiger partial charge >= 0.3 is 6.18 Å². The van der Waals surface area contributed by atoms with Crippen LogP contribution in [0, 0.1) is 0 Å². The van der Waals surface area contributed by atoms with E-state index in [4.69, 9.17) is 5.73 Å². The number of benzene rings is 1. The number of rotatable bonds is 4. The second-order valence-corrected chi connectivity index (χ2v) is 4.50. The number of nitrogens with zero attached hydrogens (tertiary/aromatic N) is 2. The van der Waals surface area contributed by atoms with Gasteiger partial charge in [-0.25, -0.2) is 4.98 Å². The van der Waals surface area contributed by atoms with Crippen molar-refractivity contribution in [2.75, 3.05) is 5.73 Å². The summed E-state index contributed by atoms with van der Waals surface area (Å²) in [5, 5.41) is 0. The summed E-state index contributed by atoms with van der Waals surface area (Å²) in [5.74, 6) is 0.141. The molecule has 2 N–H and O–H groups in total. The number of unbranched alkanes of at least 4 members (excludes halogenated alkanes) is 2. The van der Waals surface area contributed by atoms with Crippen LogP contribution in [-0.2, 0) is 12.7 Å². The minimum Gasteiger partial charge on any atom is -0.369 e. The summed E-state index contributed by atoms with van der Waals surface area (Å²) >= 11 is 0. The first-order chi connectivity index (χ1) is 8.95. The molecule has 19 heavy (non-hydrogen) atoms. The number of alkyl halides is 3. The van der Waals surface area contributed by atoms with Gasteiger partial charge < -0.3 is 10.3 Å². The van der Waals surface area contributed by atoms with Gasteiger partial charge in [-0.2, -0.15) is 13.2 Å². The Morgan fingerprint density at radius 2 is 2.00 bits per heavy atom. The molecule has 0 saturated heterocycles. The van der Waals surface area contributed by atoms with Crippen molar-refractivity contribution < 1.29 is 13.2 Å². The zero-order chi connectivity index (χ0) is 14.0. The molecule has 1 aromatic heterocycles. The number of hydrogen-bond acceptors (Lipinski definition) is 2. The van der Waals surface area contributed by atoms with Gasteiger partial charge in [-0.05, 0) is 18.6 Å². The molecule has 0 spiro atoms. The molecule has 0 aliphatic heterocycles. The highest BCUT2D eigenvalue weighted by molar-refractivity contribution is 5.82. The lowest BCUT2D eigenvalue weighted by Gasteiger charge is -2.08. The molecule has 0 bridgehead atoms. The summed E-state index contributed by atoms with van der Waals surface area (Å²) < 4.78 is 40.3. The first-order valence-corrected chi connectivity index (χ1v) is 6.27. The fraction of sp³-hybridized carbons (Fsp3) is 0.462. The number of halogens is 3. The van der Waals surface area contributed by atoms with Crippen LogP contribution in [0.25, 0.3) is 11.0 Å². The third kappa shape index (κ3) is 2.67. The number of nitrogen functional groups attached to an aromatic ring is 1. The highest BCUT2D eigenvalue weighted by atomic mass is 19.4. The van der Waals surface area contributed by atoms with Crippen molar-refractivity contribution in [3.05, 3.63) is 23.8 Å². The second kappa shape index (κ2) is 5.11. The van der Waals surface area contributed by atoms with Gasteiger partial charge in [-0.15, -0.1) is 0 Å². The number of para-hydroxylation sites is 1. The molecule has 6 heteroatoms. The van der Waals surface area contributed by atoms with Crippen molar-refractivity contribution >= 4 is 17.0 Å². The number of aromatic nitrogens is 2. The molecule has 0 aliphatic rings. The van der Waals surface area contributed by atoms with E-state index in [9.17, 15) is 13.2 Å². The molecule has 0 atom stereocenters. The molecule has 2 aromatic rings. The number of anilines is 1. The zero-order valence-electron chi connectivity index (χ0n) is 10.7. The van der Waals surface area contributed by atoms with Crippen molar-refractivity contribution in [3.8, 4) is 0 Å². The summed E-state index contributed by atoms with van der Waals surface area (Å²) in [7, 11) is 0. The number of fused-ring (bicyclic) bond motifs is 1. The molecule has 0 saturated carbocycles. The van der Waals surface area contributed by atoms with E-state index >= 15 is 0 Å². The quantitative estimate of drug-likeness (QED) is 0.859. The lowest BCUT2D eigenvalue weighted by atomic mass is 10.1. The Balaban J connectivity index is 2.47. The van der Waals surface area contributed by atoms with Crippen molar-refractivity contribution in [1.82, 2.24) is 9.55 Å². The van der Waals surface area contributed by atoms with E-state index in [1.807, 2.05) is 0 Å². The first-order valence-electron chi connectivity index (χ1n) is 6.27. The number of aryl methyl sites for hydroxylation is 1. The maximum atomic E-state index is 12.9. The summed E-state index contributed by atoms with van der Waals surface area (Å²) in [5.41, 5.74) is 5.38. The average molecular weight is 271 g/mol. The minimum absolute atomic E-state index is 0.0657. The Hall–Kier alpha value is -1.72.